The lowest BCUT2D eigenvalue weighted by molar-refractivity contribution is -0.139. The Labute approximate surface area is 116 Å². The molecule has 0 aromatic heterocycles. The highest BCUT2D eigenvalue weighted by molar-refractivity contribution is 7.99. The highest BCUT2D eigenvalue weighted by Crippen LogP contribution is 2.27. The van der Waals surface area contributed by atoms with E-state index in [0.717, 1.165) is 11.3 Å². The lowest BCUT2D eigenvalue weighted by atomic mass is 10.0. The molecule has 2 aromatic rings. The Kier molecular flexibility index (Phi) is 3.44. The topological polar surface area (TPSA) is 49.3 Å². The van der Waals surface area contributed by atoms with E-state index in [4.69, 9.17) is 5.11 Å². The molecule has 1 aliphatic rings. The van der Waals surface area contributed by atoms with Crippen molar-refractivity contribution >= 4 is 28.5 Å². The molecule has 1 aliphatic heterocycles. The first-order chi connectivity index (χ1) is 9.24. The van der Waals surface area contributed by atoms with Crippen molar-refractivity contribution in [1.82, 2.24) is 5.32 Å². The zero-order chi connectivity index (χ0) is 13.2. The molecule has 19 heavy (non-hydrogen) atoms. The molecule has 1 saturated heterocycles. The lowest BCUT2D eigenvalue weighted by Crippen LogP contribution is -2.45. The van der Waals surface area contributed by atoms with Gasteiger partial charge >= 0.3 is 5.97 Å². The Morgan fingerprint density at radius 1 is 1.16 bits per heavy atom. The van der Waals surface area contributed by atoms with Gasteiger partial charge in [0.05, 0.1) is 0 Å². The summed E-state index contributed by atoms with van der Waals surface area (Å²) in [7, 11) is 0. The van der Waals surface area contributed by atoms with E-state index in [0.29, 0.717) is 5.75 Å². The van der Waals surface area contributed by atoms with E-state index in [9.17, 15) is 4.79 Å². The number of carbonyl (C=O) groups is 1. The molecule has 0 saturated carbocycles. The average molecular weight is 273 g/mol. The zero-order valence-electron chi connectivity index (χ0n) is 10.4. The Balaban J connectivity index is 1.89. The van der Waals surface area contributed by atoms with E-state index in [1.807, 2.05) is 12.1 Å². The molecular formula is C15H15NO2S. The van der Waals surface area contributed by atoms with Crippen molar-refractivity contribution in [3.8, 4) is 0 Å². The second-order valence-electron chi connectivity index (χ2n) is 4.75. The molecule has 0 spiro atoms. The Morgan fingerprint density at radius 3 is 2.74 bits per heavy atom. The van der Waals surface area contributed by atoms with Crippen LogP contribution in [0.25, 0.3) is 10.8 Å². The summed E-state index contributed by atoms with van der Waals surface area (Å²) < 4.78 is 0. The van der Waals surface area contributed by atoms with Gasteiger partial charge in [-0.15, -0.1) is 0 Å². The van der Waals surface area contributed by atoms with Gasteiger partial charge in [-0.2, -0.15) is 11.8 Å². The standard InChI is InChI=1S/C15H15NO2S/c17-15(18)14-9-19-8-13(16-14)12-6-5-10-3-1-2-4-11(10)7-12/h1-7,13-14,16H,8-9H2,(H,17,18). The minimum Gasteiger partial charge on any atom is -0.480 e. The number of nitrogens with one attached hydrogen (secondary N) is 1. The van der Waals surface area contributed by atoms with Crippen LogP contribution < -0.4 is 5.32 Å². The van der Waals surface area contributed by atoms with E-state index < -0.39 is 12.0 Å². The third-order valence-electron chi connectivity index (χ3n) is 3.45. The SMILES string of the molecule is O=C(O)C1CSCC(c2ccc3ccccc3c2)N1. The van der Waals surface area contributed by atoms with Crippen molar-refractivity contribution in [3.05, 3.63) is 48.0 Å². The van der Waals surface area contributed by atoms with Gasteiger partial charge in [-0.05, 0) is 22.4 Å². The summed E-state index contributed by atoms with van der Waals surface area (Å²) in [6, 6.07) is 14.2. The maximum absolute atomic E-state index is 11.1. The molecule has 2 aromatic carbocycles. The van der Waals surface area contributed by atoms with Crippen LogP contribution in [0.5, 0.6) is 0 Å². The third kappa shape index (κ3) is 2.60. The summed E-state index contributed by atoms with van der Waals surface area (Å²) in [5, 5.41) is 14.7. The number of hydrogen-bond acceptors (Lipinski definition) is 3. The first kappa shape index (κ1) is 12.5. The van der Waals surface area contributed by atoms with Crippen LogP contribution in [0.3, 0.4) is 0 Å². The summed E-state index contributed by atoms with van der Waals surface area (Å²) >= 11 is 1.70. The Bertz CT molecular complexity index is 614. The van der Waals surface area contributed by atoms with Crippen molar-refractivity contribution in [2.75, 3.05) is 11.5 Å². The maximum atomic E-state index is 11.1. The quantitative estimate of drug-likeness (QED) is 0.883. The molecule has 98 valence electrons. The minimum absolute atomic E-state index is 0.115. The maximum Gasteiger partial charge on any atom is 0.321 e. The zero-order valence-corrected chi connectivity index (χ0v) is 11.2. The van der Waals surface area contributed by atoms with Crippen molar-refractivity contribution < 1.29 is 9.90 Å². The monoisotopic (exact) mass is 273 g/mol. The summed E-state index contributed by atoms with van der Waals surface area (Å²) in [4.78, 5) is 11.1. The van der Waals surface area contributed by atoms with E-state index in [1.165, 1.54) is 10.8 Å². The second-order valence-corrected chi connectivity index (χ2v) is 5.83. The van der Waals surface area contributed by atoms with Crippen molar-refractivity contribution in [2.45, 2.75) is 12.1 Å². The molecule has 0 radical (unpaired) electrons. The summed E-state index contributed by atoms with van der Waals surface area (Å²) in [5.74, 6) is 0.791. The van der Waals surface area contributed by atoms with Crippen molar-refractivity contribution in [2.24, 2.45) is 0 Å². The minimum atomic E-state index is -0.766. The average Bonchev–Trinajstić information content (AvgIpc) is 2.47. The molecular weight excluding hydrogens is 258 g/mol. The van der Waals surface area contributed by atoms with Gasteiger partial charge in [-0.1, -0.05) is 36.4 Å². The van der Waals surface area contributed by atoms with Crippen molar-refractivity contribution in [1.29, 1.82) is 0 Å². The van der Waals surface area contributed by atoms with Crippen LogP contribution in [0, 0.1) is 0 Å². The number of carboxylic acids is 1. The smallest absolute Gasteiger partial charge is 0.321 e. The molecule has 3 nitrogen and oxygen atoms in total. The van der Waals surface area contributed by atoms with Gasteiger partial charge < -0.3 is 5.11 Å². The number of benzene rings is 2. The van der Waals surface area contributed by atoms with E-state index in [2.05, 4.69) is 35.6 Å². The molecule has 2 atom stereocenters. The second kappa shape index (κ2) is 5.23. The highest BCUT2D eigenvalue weighted by Gasteiger charge is 2.27. The van der Waals surface area contributed by atoms with Crippen LogP contribution in [-0.2, 0) is 4.79 Å². The number of fused-ring (bicyclic) bond motifs is 1. The van der Waals surface area contributed by atoms with Gasteiger partial charge in [0, 0.05) is 17.5 Å². The molecule has 1 heterocycles. The van der Waals surface area contributed by atoms with Gasteiger partial charge in [0.2, 0.25) is 0 Å². The number of aliphatic carboxylic acids is 1. The number of thioether (sulfide) groups is 1. The number of carboxylic acid groups (broad SMARTS) is 1. The van der Waals surface area contributed by atoms with E-state index in [-0.39, 0.29) is 6.04 Å². The normalized spacial score (nSPS) is 23.4. The van der Waals surface area contributed by atoms with Crippen LogP contribution in [0.2, 0.25) is 0 Å². The number of rotatable bonds is 2. The molecule has 0 aliphatic carbocycles. The summed E-state index contributed by atoms with van der Waals surface area (Å²) in [5.41, 5.74) is 1.16. The Hall–Kier alpha value is -1.52. The van der Waals surface area contributed by atoms with Crippen molar-refractivity contribution in [3.63, 3.8) is 0 Å². The fraction of sp³-hybridized carbons (Fsp3) is 0.267. The van der Waals surface area contributed by atoms with Gasteiger partial charge in [0.25, 0.3) is 0 Å². The summed E-state index contributed by atoms with van der Waals surface area (Å²) in [6.45, 7) is 0. The van der Waals surface area contributed by atoms with Crippen LogP contribution in [-0.4, -0.2) is 28.6 Å². The lowest BCUT2D eigenvalue weighted by Gasteiger charge is -2.28. The predicted molar refractivity (Wildman–Crippen MR) is 78.6 cm³/mol. The molecule has 0 bridgehead atoms. The van der Waals surface area contributed by atoms with Gasteiger partial charge in [0.1, 0.15) is 6.04 Å². The Morgan fingerprint density at radius 2 is 1.95 bits per heavy atom. The molecule has 1 fully saturated rings. The van der Waals surface area contributed by atoms with E-state index >= 15 is 0 Å². The first-order valence-electron chi connectivity index (χ1n) is 6.29. The predicted octanol–water partition coefficient (Wildman–Crippen LogP) is 2.67. The van der Waals surface area contributed by atoms with Gasteiger partial charge in [-0.25, -0.2) is 0 Å². The van der Waals surface area contributed by atoms with E-state index in [1.54, 1.807) is 11.8 Å². The van der Waals surface area contributed by atoms with Gasteiger partial charge in [-0.3, -0.25) is 10.1 Å². The van der Waals surface area contributed by atoms with Gasteiger partial charge in [0.15, 0.2) is 0 Å². The largest absolute Gasteiger partial charge is 0.480 e. The molecule has 3 rings (SSSR count). The molecule has 4 heteroatoms. The molecule has 2 N–H and O–H groups in total. The van der Waals surface area contributed by atoms with Crippen LogP contribution in [0.1, 0.15) is 11.6 Å². The molecule has 0 amide bonds. The highest BCUT2D eigenvalue weighted by atomic mass is 32.2. The van der Waals surface area contributed by atoms with Crippen LogP contribution >= 0.6 is 11.8 Å². The summed E-state index contributed by atoms with van der Waals surface area (Å²) in [6.07, 6.45) is 0. The molecule has 2 unspecified atom stereocenters. The van der Waals surface area contributed by atoms with Crippen LogP contribution in [0.4, 0.5) is 0 Å². The number of hydrogen-bond donors (Lipinski definition) is 2. The first-order valence-corrected chi connectivity index (χ1v) is 7.45. The third-order valence-corrected chi connectivity index (χ3v) is 4.58. The fourth-order valence-corrected chi connectivity index (χ4v) is 3.54. The fourth-order valence-electron chi connectivity index (χ4n) is 2.40. The van der Waals surface area contributed by atoms with Crippen LogP contribution in [0.15, 0.2) is 42.5 Å².